The first-order valence-electron chi connectivity index (χ1n) is 6.10. The molecule has 1 aliphatic heterocycles. The Bertz CT molecular complexity index is 303. The topological polar surface area (TPSA) is 54.8 Å². The maximum absolute atomic E-state index is 4.06. The molecule has 2 heterocycles. The quantitative estimate of drug-likeness (QED) is 0.687. The Morgan fingerprint density at radius 2 is 2.56 bits per heavy atom. The summed E-state index contributed by atoms with van der Waals surface area (Å²) < 4.78 is 1.98. The molecule has 1 saturated heterocycles. The second-order valence-corrected chi connectivity index (χ2v) is 4.52. The summed E-state index contributed by atoms with van der Waals surface area (Å²) in [6.45, 7) is 4.46. The predicted octanol–water partition coefficient (Wildman–Crippen LogP) is -0.0532. The van der Waals surface area contributed by atoms with E-state index < -0.39 is 0 Å². The minimum Gasteiger partial charge on any atom is -0.321 e. The van der Waals surface area contributed by atoms with Crippen molar-refractivity contribution in [3.05, 3.63) is 12.2 Å². The molecule has 5 nitrogen and oxygen atoms in total. The first-order valence-corrected chi connectivity index (χ1v) is 6.10. The number of aryl methyl sites for hydroxylation is 1. The second-order valence-electron chi connectivity index (χ2n) is 4.52. The van der Waals surface area contributed by atoms with Gasteiger partial charge in [0.25, 0.3) is 0 Å². The van der Waals surface area contributed by atoms with Crippen LogP contribution in [0.1, 0.15) is 18.7 Å². The Labute approximate surface area is 96.6 Å². The summed E-state index contributed by atoms with van der Waals surface area (Å²) in [5.74, 6) is 1.85. The average Bonchev–Trinajstić information content (AvgIpc) is 2.72. The lowest BCUT2D eigenvalue weighted by molar-refractivity contribution is 0.361. The lowest BCUT2D eigenvalue weighted by atomic mass is 10.00. The summed E-state index contributed by atoms with van der Waals surface area (Å²) in [4.78, 5) is 0. The SMILES string of the molecule is Cn1cnnc1CCNCC1CCCNC1. The van der Waals surface area contributed by atoms with Crippen LogP contribution >= 0.6 is 0 Å². The summed E-state index contributed by atoms with van der Waals surface area (Å²) in [5, 5.41) is 14.9. The monoisotopic (exact) mass is 223 g/mol. The maximum Gasteiger partial charge on any atom is 0.133 e. The van der Waals surface area contributed by atoms with Gasteiger partial charge in [-0.25, -0.2) is 0 Å². The molecule has 0 radical (unpaired) electrons. The summed E-state index contributed by atoms with van der Waals surface area (Å²) in [5.41, 5.74) is 0. The van der Waals surface area contributed by atoms with E-state index >= 15 is 0 Å². The van der Waals surface area contributed by atoms with E-state index in [9.17, 15) is 0 Å². The lowest BCUT2D eigenvalue weighted by Crippen LogP contribution is -2.36. The van der Waals surface area contributed by atoms with Gasteiger partial charge in [0.05, 0.1) is 0 Å². The molecule has 0 saturated carbocycles. The summed E-state index contributed by atoms with van der Waals surface area (Å²) >= 11 is 0. The van der Waals surface area contributed by atoms with E-state index in [1.807, 2.05) is 11.6 Å². The molecule has 0 bridgehead atoms. The number of aromatic nitrogens is 3. The van der Waals surface area contributed by atoms with Crippen LogP contribution in [0.4, 0.5) is 0 Å². The van der Waals surface area contributed by atoms with Gasteiger partial charge in [-0.15, -0.1) is 10.2 Å². The smallest absolute Gasteiger partial charge is 0.133 e. The van der Waals surface area contributed by atoms with E-state index in [-0.39, 0.29) is 0 Å². The third kappa shape index (κ3) is 3.28. The molecule has 1 atom stereocenters. The highest BCUT2D eigenvalue weighted by molar-refractivity contribution is 4.85. The molecule has 2 rings (SSSR count). The van der Waals surface area contributed by atoms with Gasteiger partial charge in [0, 0.05) is 20.0 Å². The Morgan fingerprint density at radius 3 is 3.25 bits per heavy atom. The van der Waals surface area contributed by atoms with E-state index in [4.69, 9.17) is 0 Å². The van der Waals surface area contributed by atoms with Crippen molar-refractivity contribution in [1.29, 1.82) is 0 Å². The lowest BCUT2D eigenvalue weighted by Gasteiger charge is -2.22. The van der Waals surface area contributed by atoms with Gasteiger partial charge in [-0.2, -0.15) is 0 Å². The van der Waals surface area contributed by atoms with Crippen LogP contribution in [-0.4, -0.2) is 40.9 Å². The van der Waals surface area contributed by atoms with E-state index in [1.54, 1.807) is 6.33 Å². The summed E-state index contributed by atoms with van der Waals surface area (Å²) in [6.07, 6.45) is 5.37. The third-order valence-corrected chi connectivity index (χ3v) is 3.16. The summed E-state index contributed by atoms with van der Waals surface area (Å²) in [7, 11) is 1.99. The van der Waals surface area contributed by atoms with Gasteiger partial charge in [-0.1, -0.05) is 0 Å². The maximum atomic E-state index is 4.06. The van der Waals surface area contributed by atoms with Gasteiger partial charge in [0.2, 0.25) is 0 Å². The fourth-order valence-electron chi connectivity index (χ4n) is 2.14. The van der Waals surface area contributed by atoms with Crippen LogP contribution in [0.5, 0.6) is 0 Å². The standard InChI is InChI=1S/C11H21N5/c1-16-9-14-15-11(16)4-6-13-8-10-3-2-5-12-7-10/h9-10,12-13H,2-8H2,1H3. The molecule has 2 N–H and O–H groups in total. The fourth-order valence-corrected chi connectivity index (χ4v) is 2.14. The largest absolute Gasteiger partial charge is 0.321 e. The number of hydrogen-bond acceptors (Lipinski definition) is 4. The molecule has 1 fully saturated rings. The molecule has 0 aliphatic carbocycles. The Kier molecular flexibility index (Phi) is 4.30. The van der Waals surface area contributed by atoms with Crippen molar-refractivity contribution in [2.24, 2.45) is 13.0 Å². The zero-order valence-electron chi connectivity index (χ0n) is 9.95. The van der Waals surface area contributed by atoms with Gasteiger partial charge in [0.15, 0.2) is 0 Å². The minimum atomic E-state index is 0.799. The second kappa shape index (κ2) is 5.96. The van der Waals surface area contributed by atoms with Crippen LogP contribution in [0.3, 0.4) is 0 Å². The van der Waals surface area contributed by atoms with E-state index in [0.29, 0.717) is 0 Å². The van der Waals surface area contributed by atoms with Gasteiger partial charge >= 0.3 is 0 Å². The number of piperidine rings is 1. The van der Waals surface area contributed by atoms with Crippen LogP contribution < -0.4 is 10.6 Å². The molecule has 90 valence electrons. The van der Waals surface area contributed by atoms with Crippen molar-refractivity contribution in [1.82, 2.24) is 25.4 Å². The van der Waals surface area contributed by atoms with Crippen LogP contribution in [0.15, 0.2) is 6.33 Å². The van der Waals surface area contributed by atoms with E-state index in [0.717, 1.165) is 37.8 Å². The third-order valence-electron chi connectivity index (χ3n) is 3.16. The van der Waals surface area contributed by atoms with Crippen molar-refractivity contribution < 1.29 is 0 Å². The van der Waals surface area contributed by atoms with E-state index in [1.165, 1.54) is 19.4 Å². The molecule has 0 aromatic carbocycles. The average molecular weight is 223 g/mol. The summed E-state index contributed by atoms with van der Waals surface area (Å²) in [6, 6.07) is 0. The molecule has 0 spiro atoms. The molecule has 0 amide bonds. The fraction of sp³-hybridized carbons (Fsp3) is 0.818. The van der Waals surface area contributed by atoms with Crippen molar-refractivity contribution >= 4 is 0 Å². The molecule has 1 aliphatic rings. The molecule has 1 aromatic heterocycles. The van der Waals surface area contributed by atoms with Crippen molar-refractivity contribution in [2.45, 2.75) is 19.3 Å². The highest BCUT2D eigenvalue weighted by Gasteiger charge is 2.11. The Hall–Kier alpha value is -0.940. The Morgan fingerprint density at radius 1 is 1.62 bits per heavy atom. The van der Waals surface area contributed by atoms with Crippen LogP contribution in [0.25, 0.3) is 0 Å². The predicted molar refractivity (Wildman–Crippen MR) is 63.2 cm³/mol. The zero-order chi connectivity index (χ0) is 11.2. The van der Waals surface area contributed by atoms with Crippen molar-refractivity contribution in [3.8, 4) is 0 Å². The highest BCUT2D eigenvalue weighted by Crippen LogP contribution is 2.07. The molecule has 5 heteroatoms. The number of rotatable bonds is 5. The Balaban J connectivity index is 1.59. The zero-order valence-corrected chi connectivity index (χ0v) is 9.95. The van der Waals surface area contributed by atoms with Gasteiger partial charge in [-0.3, -0.25) is 0 Å². The number of nitrogens with one attached hydrogen (secondary N) is 2. The number of nitrogens with zero attached hydrogens (tertiary/aromatic N) is 3. The van der Waals surface area contributed by atoms with Gasteiger partial charge < -0.3 is 15.2 Å². The van der Waals surface area contributed by atoms with Gasteiger partial charge in [0.1, 0.15) is 12.2 Å². The first-order chi connectivity index (χ1) is 7.86. The van der Waals surface area contributed by atoms with Crippen LogP contribution in [0.2, 0.25) is 0 Å². The molecule has 1 aromatic rings. The molecular weight excluding hydrogens is 202 g/mol. The molecule has 1 unspecified atom stereocenters. The first kappa shape index (κ1) is 11.5. The highest BCUT2D eigenvalue weighted by atomic mass is 15.2. The molecule has 16 heavy (non-hydrogen) atoms. The van der Waals surface area contributed by atoms with Crippen LogP contribution in [0, 0.1) is 5.92 Å². The van der Waals surface area contributed by atoms with Gasteiger partial charge in [-0.05, 0) is 38.4 Å². The normalized spacial score (nSPS) is 21.2. The minimum absolute atomic E-state index is 0.799. The van der Waals surface area contributed by atoms with Crippen LogP contribution in [-0.2, 0) is 13.5 Å². The molecular formula is C11H21N5. The van der Waals surface area contributed by atoms with Crippen molar-refractivity contribution in [3.63, 3.8) is 0 Å². The van der Waals surface area contributed by atoms with E-state index in [2.05, 4.69) is 20.8 Å². The number of hydrogen-bond donors (Lipinski definition) is 2. The van der Waals surface area contributed by atoms with Crippen molar-refractivity contribution in [2.75, 3.05) is 26.2 Å².